The first kappa shape index (κ1) is 17.3. The number of rotatable bonds is 7. The summed E-state index contributed by atoms with van der Waals surface area (Å²) < 4.78 is 35.9. The minimum absolute atomic E-state index is 0.341. The molecule has 23 heavy (non-hydrogen) atoms. The van der Waals surface area contributed by atoms with Gasteiger partial charge in [-0.15, -0.1) is 0 Å². The molecule has 0 atom stereocenters. The maximum absolute atomic E-state index is 12.3. The van der Waals surface area contributed by atoms with Crippen molar-refractivity contribution in [3.05, 3.63) is 29.5 Å². The fraction of sp³-hybridized carbons (Fsp3) is 0.438. The van der Waals surface area contributed by atoms with E-state index in [-0.39, 0.29) is 0 Å². The number of ether oxygens (including phenoxy) is 1. The molecule has 1 N–H and O–H groups in total. The molecule has 6 nitrogen and oxygen atoms in total. The number of fused-ring (bicyclic) bond motifs is 1. The highest BCUT2D eigenvalue weighted by molar-refractivity contribution is 7.92. The van der Waals surface area contributed by atoms with E-state index in [0.717, 1.165) is 25.5 Å². The summed E-state index contributed by atoms with van der Waals surface area (Å²) >= 11 is 0. The van der Waals surface area contributed by atoms with Gasteiger partial charge in [-0.3, -0.25) is 4.72 Å². The molecule has 0 bridgehead atoms. The zero-order chi connectivity index (χ0) is 17.0. The van der Waals surface area contributed by atoms with Crippen molar-refractivity contribution in [3.63, 3.8) is 0 Å². The van der Waals surface area contributed by atoms with E-state index in [9.17, 15) is 13.2 Å². The van der Waals surface area contributed by atoms with Gasteiger partial charge in [0.1, 0.15) is 16.9 Å². The third-order valence-corrected chi connectivity index (χ3v) is 3.96. The van der Waals surface area contributed by atoms with Crippen LogP contribution in [0.3, 0.4) is 0 Å². The Hall–Kier alpha value is -2.02. The summed E-state index contributed by atoms with van der Waals surface area (Å²) in [5.74, 6) is 0.00542. The van der Waals surface area contributed by atoms with Gasteiger partial charge >= 0.3 is 5.97 Å². The van der Waals surface area contributed by atoms with Crippen molar-refractivity contribution in [1.82, 2.24) is 0 Å². The molecule has 0 saturated carbocycles. The SMILES string of the molecule is CCCCCOC(=O)c1c(C)oc2ccc(NS(C)(=O)=O)cc12. The largest absolute Gasteiger partial charge is 0.462 e. The van der Waals surface area contributed by atoms with E-state index in [1.54, 1.807) is 25.1 Å². The summed E-state index contributed by atoms with van der Waals surface area (Å²) in [6, 6.07) is 4.79. The Bertz CT molecular complexity index is 807. The molecule has 2 aromatic rings. The summed E-state index contributed by atoms with van der Waals surface area (Å²) in [5, 5.41) is 0.539. The Kier molecular flexibility index (Phi) is 5.30. The Balaban J connectivity index is 2.29. The van der Waals surface area contributed by atoms with Crippen LogP contribution in [0.15, 0.2) is 22.6 Å². The summed E-state index contributed by atoms with van der Waals surface area (Å²) in [7, 11) is -3.39. The van der Waals surface area contributed by atoms with Crippen LogP contribution in [0.4, 0.5) is 5.69 Å². The predicted octanol–water partition coefficient (Wildman–Crippen LogP) is 3.46. The number of unbranched alkanes of at least 4 members (excludes halogenated alkanes) is 2. The Labute approximate surface area is 135 Å². The number of sulfonamides is 1. The normalized spacial score (nSPS) is 11.6. The molecular formula is C16H21NO5S. The van der Waals surface area contributed by atoms with Crippen LogP contribution in [-0.4, -0.2) is 27.2 Å². The van der Waals surface area contributed by atoms with Gasteiger partial charge in [-0.1, -0.05) is 19.8 Å². The van der Waals surface area contributed by atoms with Crippen LogP contribution in [-0.2, 0) is 14.8 Å². The Morgan fingerprint density at radius 2 is 2.04 bits per heavy atom. The number of benzene rings is 1. The molecule has 1 aromatic carbocycles. The van der Waals surface area contributed by atoms with Gasteiger partial charge in [0.15, 0.2) is 0 Å². The first-order chi connectivity index (χ1) is 10.8. The fourth-order valence-electron chi connectivity index (χ4n) is 2.34. The molecule has 0 aliphatic heterocycles. The second-order valence-electron chi connectivity index (χ2n) is 5.46. The van der Waals surface area contributed by atoms with Crippen molar-refractivity contribution in [3.8, 4) is 0 Å². The van der Waals surface area contributed by atoms with Gasteiger partial charge in [-0.2, -0.15) is 0 Å². The van der Waals surface area contributed by atoms with E-state index in [2.05, 4.69) is 11.6 Å². The molecule has 0 spiro atoms. The highest BCUT2D eigenvalue weighted by Crippen LogP contribution is 2.29. The van der Waals surface area contributed by atoms with Crippen molar-refractivity contribution in [2.45, 2.75) is 33.1 Å². The third kappa shape index (κ3) is 4.48. The average molecular weight is 339 g/mol. The number of hydrogen-bond acceptors (Lipinski definition) is 5. The lowest BCUT2D eigenvalue weighted by molar-refractivity contribution is 0.0498. The molecule has 0 fully saturated rings. The zero-order valence-electron chi connectivity index (χ0n) is 13.5. The van der Waals surface area contributed by atoms with Crippen molar-refractivity contribution >= 4 is 32.6 Å². The van der Waals surface area contributed by atoms with Crippen molar-refractivity contribution in [2.75, 3.05) is 17.6 Å². The number of carbonyl (C=O) groups is 1. The molecule has 7 heteroatoms. The van der Waals surface area contributed by atoms with Crippen LogP contribution in [0.2, 0.25) is 0 Å². The zero-order valence-corrected chi connectivity index (χ0v) is 14.3. The van der Waals surface area contributed by atoms with Gasteiger partial charge in [0.05, 0.1) is 12.9 Å². The predicted molar refractivity (Wildman–Crippen MR) is 89.2 cm³/mol. The van der Waals surface area contributed by atoms with E-state index in [1.807, 2.05) is 0 Å². The van der Waals surface area contributed by atoms with Crippen LogP contribution < -0.4 is 4.72 Å². The molecule has 0 amide bonds. The van der Waals surface area contributed by atoms with Gasteiger partial charge in [-0.05, 0) is 31.5 Å². The van der Waals surface area contributed by atoms with Gasteiger partial charge < -0.3 is 9.15 Å². The highest BCUT2D eigenvalue weighted by Gasteiger charge is 2.20. The summed E-state index contributed by atoms with van der Waals surface area (Å²) in [4.78, 5) is 12.3. The van der Waals surface area contributed by atoms with Gasteiger partial charge in [0.2, 0.25) is 10.0 Å². The number of carbonyl (C=O) groups excluding carboxylic acids is 1. The maximum atomic E-state index is 12.3. The fourth-order valence-corrected chi connectivity index (χ4v) is 2.90. The maximum Gasteiger partial charge on any atom is 0.342 e. The Morgan fingerprint density at radius 1 is 1.30 bits per heavy atom. The second-order valence-corrected chi connectivity index (χ2v) is 7.21. The monoisotopic (exact) mass is 339 g/mol. The van der Waals surface area contributed by atoms with Crippen LogP contribution >= 0.6 is 0 Å². The molecular weight excluding hydrogens is 318 g/mol. The minimum atomic E-state index is -3.39. The molecule has 1 aromatic heterocycles. The molecule has 0 aliphatic carbocycles. The molecule has 2 rings (SSSR count). The van der Waals surface area contributed by atoms with E-state index in [4.69, 9.17) is 9.15 Å². The first-order valence-corrected chi connectivity index (χ1v) is 9.39. The molecule has 126 valence electrons. The van der Waals surface area contributed by atoms with Crippen molar-refractivity contribution in [1.29, 1.82) is 0 Å². The standard InChI is InChI=1S/C16H21NO5S/c1-4-5-6-9-21-16(18)15-11(2)22-14-8-7-12(10-13(14)15)17-23(3,19)20/h7-8,10,17H,4-6,9H2,1-3H3. The topological polar surface area (TPSA) is 85.6 Å². The smallest absolute Gasteiger partial charge is 0.342 e. The van der Waals surface area contributed by atoms with E-state index < -0.39 is 16.0 Å². The van der Waals surface area contributed by atoms with Gasteiger partial charge in [0, 0.05) is 11.1 Å². The summed E-state index contributed by atoms with van der Waals surface area (Å²) in [6.45, 7) is 4.12. The lowest BCUT2D eigenvalue weighted by atomic mass is 10.1. The molecule has 0 unspecified atom stereocenters. The number of furan rings is 1. The van der Waals surface area contributed by atoms with Crippen LogP contribution in [0.25, 0.3) is 11.0 Å². The molecule has 0 radical (unpaired) electrons. The highest BCUT2D eigenvalue weighted by atomic mass is 32.2. The Morgan fingerprint density at radius 3 is 2.70 bits per heavy atom. The molecule has 1 heterocycles. The van der Waals surface area contributed by atoms with Crippen molar-refractivity contribution < 1.29 is 22.4 Å². The van der Waals surface area contributed by atoms with Crippen molar-refractivity contribution in [2.24, 2.45) is 0 Å². The number of anilines is 1. The lowest BCUT2D eigenvalue weighted by Gasteiger charge is -2.05. The third-order valence-electron chi connectivity index (χ3n) is 3.35. The van der Waals surface area contributed by atoms with E-state index >= 15 is 0 Å². The van der Waals surface area contributed by atoms with Crippen LogP contribution in [0.1, 0.15) is 42.3 Å². The molecule has 0 aliphatic rings. The summed E-state index contributed by atoms with van der Waals surface area (Å²) in [5.41, 5.74) is 1.23. The van der Waals surface area contributed by atoms with Gasteiger partial charge in [-0.25, -0.2) is 13.2 Å². The summed E-state index contributed by atoms with van der Waals surface area (Å²) in [6.07, 6.45) is 3.94. The van der Waals surface area contributed by atoms with E-state index in [1.165, 1.54) is 0 Å². The number of esters is 1. The average Bonchev–Trinajstić information content (AvgIpc) is 2.77. The number of nitrogens with one attached hydrogen (secondary N) is 1. The van der Waals surface area contributed by atoms with E-state index in [0.29, 0.717) is 34.6 Å². The number of hydrogen-bond donors (Lipinski definition) is 1. The van der Waals surface area contributed by atoms with Crippen LogP contribution in [0, 0.1) is 6.92 Å². The number of aryl methyl sites for hydroxylation is 1. The second kappa shape index (κ2) is 7.04. The van der Waals surface area contributed by atoms with Gasteiger partial charge in [0.25, 0.3) is 0 Å². The van der Waals surface area contributed by atoms with Crippen LogP contribution in [0.5, 0.6) is 0 Å². The lowest BCUT2D eigenvalue weighted by Crippen LogP contribution is -2.10. The quantitative estimate of drug-likeness (QED) is 0.617. The minimum Gasteiger partial charge on any atom is -0.462 e. The molecule has 0 saturated heterocycles. The first-order valence-electron chi connectivity index (χ1n) is 7.50.